The largest absolute Gasteiger partial charge is 0.355 e. The van der Waals surface area contributed by atoms with E-state index in [-0.39, 0.29) is 46.8 Å². The van der Waals surface area contributed by atoms with Gasteiger partial charge in [0.15, 0.2) is 10.7 Å². The van der Waals surface area contributed by atoms with Gasteiger partial charge in [0.2, 0.25) is 15.9 Å². The van der Waals surface area contributed by atoms with E-state index in [1.165, 1.54) is 29.4 Å². The zero-order valence-electron chi connectivity index (χ0n) is 21.6. The van der Waals surface area contributed by atoms with Crippen LogP contribution in [0.5, 0.6) is 0 Å². The monoisotopic (exact) mass is 573 g/mol. The number of rotatable bonds is 5. The Labute approximate surface area is 230 Å². The number of fused-ring (bicyclic) bond motifs is 1. The highest BCUT2D eigenvalue weighted by atomic mass is 32.2. The fourth-order valence-electron chi connectivity index (χ4n) is 5.00. The maximum Gasteiger partial charge on any atom is 0.248 e. The van der Waals surface area contributed by atoms with Crippen LogP contribution in [0.3, 0.4) is 0 Å². The van der Waals surface area contributed by atoms with Crippen molar-refractivity contribution in [2.24, 2.45) is 11.8 Å². The Bertz CT molecular complexity index is 1510. The van der Waals surface area contributed by atoms with Crippen molar-refractivity contribution < 1.29 is 26.5 Å². The van der Waals surface area contributed by atoms with Gasteiger partial charge in [-0.15, -0.1) is 11.8 Å². The Morgan fingerprint density at radius 3 is 2.62 bits per heavy atom. The molecule has 1 amide bonds. The number of carbonyl (C=O) groups excluding carboxylic acids is 1. The second-order valence-corrected chi connectivity index (χ2v) is 12.9. The summed E-state index contributed by atoms with van der Waals surface area (Å²) in [5.74, 6) is -0.526. The fraction of sp³-hybridized carbons (Fsp3) is 0.357. The van der Waals surface area contributed by atoms with Crippen molar-refractivity contribution in [2.45, 2.75) is 36.5 Å². The van der Waals surface area contributed by atoms with E-state index in [1.807, 2.05) is 29.2 Å². The van der Waals surface area contributed by atoms with Gasteiger partial charge in [-0.3, -0.25) is 4.79 Å². The van der Waals surface area contributed by atoms with Crippen LogP contribution in [-0.4, -0.2) is 49.2 Å². The van der Waals surface area contributed by atoms with Gasteiger partial charge in [0.05, 0.1) is 5.69 Å². The molecule has 7 nitrogen and oxygen atoms in total. The van der Waals surface area contributed by atoms with E-state index < -0.39 is 21.7 Å². The van der Waals surface area contributed by atoms with Crippen LogP contribution < -0.4 is 4.90 Å². The van der Waals surface area contributed by atoms with E-state index in [1.54, 1.807) is 11.8 Å². The predicted octanol–water partition coefficient (Wildman–Crippen LogP) is 5.61. The third-order valence-corrected chi connectivity index (χ3v) is 10.5. The van der Waals surface area contributed by atoms with E-state index in [0.29, 0.717) is 25.3 Å². The molecule has 206 valence electrons. The molecule has 1 aromatic heterocycles. The van der Waals surface area contributed by atoms with E-state index in [9.17, 15) is 22.0 Å². The van der Waals surface area contributed by atoms with Crippen LogP contribution in [0.1, 0.15) is 36.8 Å². The molecule has 0 spiro atoms. The van der Waals surface area contributed by atoms with Gasteiger partial charge in [0, 0.05) is 47.8 Å². The predicted molar refractivity (Wildman–Crippen MR) is 147 cm³/mol. The first-order valence-electron chi connectivity index (χ1n) is 12.8. The average Bonchev–Trinajstić information content (AvgIpc) is 3.21. The zero-order chi connectivity index (χ0) is 27.7. The lowest BCUT2D eigenvalue weighted by Crippen LogP contribution is -2.45. The number of hydrogen-bond acceptors (Lipinski definition) is 6. The highest BCUT2D eigenvalue weighted by Gasteiger charge is 2.38. The van der Waals surface area contributed by atoms with Crippen molar-refractivity contribution in [1.29, 1.82) is 0 Å². The number of aromatic nitrogens is 1. The van der Waals surface area contributed by atoms with E-state index in [4.69, 9.17) is 4.52 Å². The van der Waals surface area contributed by atoms with Crippen molar-refractivity contribution >= 4 is 45.5 Å². The van der Waals surface area contributed by atoms with E-state index in [0.717, 1.165) is 28.5 Å². The molecule has 2 aliphatic heterocycles. The minimum atomic E-state index is -3.99. The molecule has 1 atom stereocenters. The molecule has 3 heterocycles. The topological polar surface area (TPSA) is 83.7 Å². The molecule has 1 unspecified atom stereocenters. The minimum absolute atomic E-state index is 0.0277. The van der Waals surface area contributed by atoms with Crippen molar-refractivity contribution in [3.8, 4) is 0 Å². The van der Waals surface area contributed by atoms with Crippen LogP contribution in [0.25, 0.3) is 12.2 Å². The van der Waals surface area contributed by atoms with Crippen LogP contribution >= 0.6 is 11.8 Å². The number of hydrogen-bond donors (Lipinski definition) is 0. The SMILES string of the molecule is Cc1noc(C=Cc2ccc(F)cc2F)c1S(=O)(=O)N1CCC(C(=O)N2CC(C)CSc3ccccc32)CC1. The smallest absolute Gasteiger partial charge is 0.248 e. The van der Waals surface area contributed by atoms with Crippen LogP contribution in [0.15, 0.2) is 56.8 Å². The fourth-order valence-corrected chi connectivity index (χ4v) is 7.79. The Morgan fingerprint density at radius 1 is 1.13 bits per heavy atom. The first-order valence-corrected chi connectivity index (χ1v) is 15.2. The van der Waals surface area contributed by atoms with Crippen molar-refractivity contribution in [3.05, 3.63) is 71.1 Å². The van der Waals surface area contributed by atoms with Gasteiger partial charge in [-0.05, 0) is 62.1 Å². The lowest BCUT2D eigenvalue weighted by atomic mass is 9.95. The van der Waals surface area contributed by atoms with Gasteiger partial charge in [-0.2, -0.15) is 4.31 Å². The molecule has 0 N–H and O–H groups in total. The zero-order valence-corrected chi connectivity index (χ0v) is 23.3. The molecule has 39 heavy (non-hydrogen) atoms. The van der Waals surface area contributed by atoms with Crippen molar-refractivity contribution in [1.82, 2.24) is 9.46 Å². The standard InChI is InChI=1S/C28H29F2N3O4S2/c1-18-16-33(24-5-3-4-6-26(24)38-17-18)28(34)21-11-13-32(14-12-21)39(35,36)27-19(2)31-37-25(27)10-8-20-7-9-22(29)15-23(20)30/h3-10,15,18,21H,11-14,16-17H2,1-2H3. The number of aryl methyl sites for hydroxylation is 1. The lowest BCUT2D eigenvalue weighted by molar-refractivity contribution is -0.123. The molecular weight excluding hydrogens is 544 g/mol. The van der Waals surface area contributed by atoms with E-state index in [2.05, 4.69) is 12.1 Å². The summed E-state index contributed by atoms with van der Waals surface area (Å²) in [6.07, 6.45) is 3.43. The second kappa shape index (κ2) is 11.2. The van der Waals surface area contributed by atoms with Gasteiger partial charge in [0.25, 0.3) is 0 Å². The third kappa shape index (κ3) is 5.66. The number of thioether (sulfide) groups is 1. The Morgan fingerprint density at radius 2 is 1.87 bits per heavy atom. The summed E-state index contributed by atoms with van der Waals surface area (Å²) in [5, 5.41) is 3.82. The van der Waals surface area contributed by atoms with Crippen molar-refractivity contribution in [2.75, 3.05) is 30.3 Å². The van der Waals surface area contributed by atoms with Gasteiger partial charge >= 0.3 is 0 Å². The number of nitrogens with zero attached hydrogens (tertiary/aromatic N) is 3. The number of para-hydroxylation sites is 1. The summed E-state index contributed by atoms with van der Waals surface area (Å²) < 4.78 is 61.1. The number of halogens is 2. The van der Waals surface area contributed by atoms with Crippen molar-refractivity contribution in [3.63, 3.8) is 0 Å². The molecule has 5 rings (SSSR count). The van der Waals surface area contributed by atoms with Gasteiger partial charge < -0.3 is 9.42 Å². The van der Waals surface area contributed by atoms with Crippen LogP contribution in [-0.2, 0) is 14.8 Å². The Kier molecular flexibility index (Phi) is 7.93. The molecule has 2 aliphatic rings. The second-order valence-electron chi connectivity index (χ2n) is 9.97. The maximum absolute atomic E-state index is 14.0. The van der Waals surface area contributed by atoms with Gasteiger partial charge in [-0.1, -0.05) is 24.2 Å². The summed E-state index contributed by atoms with van der Waals surface area (Å²) in [7, 11) is -3.99. The molecule has 1 fully saturated rings. The van der Waals surface area contributed by atoms with E-state index >= 15 is 0 Å². The van der Waals surface area contributed by atoms with Crippen LogP contribution in [0.4, 0.5) is 14.5 Å². The molecule has 2 aromatic carbocycles. The highest BCUT2D eigenvalue weighted by molar-refractivity contribution is 7.99. The highest BCUT2D eigenvalue weighted by Crippen LogP contribution is 2.37. The first kappa shape index (κ1) is 27.5. The number of piperidine rings is 1. The summed E-state index contributed by atoms with van der Waals surface area (Å²) in [4.78, 5) is 16.5. The number of amides is 1. The summed E-state index contributed by atoms with van der Waals surface area (Å²) in [5.41, 5.74) is 1.18. The number of sulfonamides is 1. The summed E-state index contributed by atoms with van der Waals surface area (Å²) in [6.45, 7) is 4.65. The molecule has 0 aliphatic carbocycles. The molecule has 0 bridgehead atoms. The molecule has 11 heteroatoms. The summed E-state index contributed by atoms with van der Waals surface area (Å²) in [6, 6.07) is 11.0. The quantitative estimate of drug-likeness (QED) is 0.395. The molecular formula is C28H29F2N3O4S2. The molecule has 3 aromatic rings. The van der Waals surface area contributed by atoms with Gasteiger partial charge in [0.1, 0.15) is 17.3 Å². The molecule has 0 saturated carbocycles. The number of benzene rings is 2. The van der Waals surface area contributed by atoms with Gasteiger partial charge in [-0.25, -0.2) is 17.2 Å². The first-order chi connectivity index (χ1) is 18.6. The maximum atomic E-state index is 14.0. The summed E-state index contributed by atoms with van der Waals surface area (Å²) >= 11 is 1.75. The Hall–Kier alpha value is -3.02. The molecule has 0 radical (unpaired) electrons. The Balaban J connectivity index is 1.32. The van der Waals surface area contributed by atoms with Crippen LogP contribution in [0, 0.1) is 30.4 Å². The average molecular weight is 574 g/mol. The normalized spacial score (nSPS) is 19.3. The lowest BCUT2D eigenvalue weighted by Gasteiger charge is -2.34. The number of carbonyl (C=O) groups is 1. The minimum Gasteiger partial charge on any atom is -0.355 e. The molecule has 1 saturated heterocycles. The third-order valence-electron chi connectivity index (χ3n) is 7.05. The van der Waals surface area contributed by atoms with Crippen LogP contribution in [0.2, 0.25) is 0 Å². The number of anilines is 1.